The average Bonchev–Trinajstić information content (AvgIpc) is 3.15. The van der Waals surface area contributed by atoms with Gasteiger partial charge in [0.2, 0.25) is 0 Å². The van der Waals surface area contributed by atoms with E-state index in [0.717, 1.165) is 35.6 Å². The number of aromatic nitrogens is 2. The first-order valence-corrected chi connectivity index (χ1v) is 9.50. The zero-order valence-electron chi connectivity index (χ0n) is 16.3. The number of nitrogens with one attached hydrogen (secondary N) is 1. The average molecular weight is 375 g/mol. The Morgan fingerprint density at radius 2 is 2.07 bits per heavy atom. The van der Waals surface area contributed by atoms with E-state index in [-0.39, 0.29) is 6.04 Å². The van der Waals surface area contributed by atoms with E-state index < -0.39 is 0 Å². The third kappa shape index (κ3) is 4.10. The number of fused-ring (bicyclic) bond motifs is 1. The summed E-state index contributed by atoms with van der Waals surface area (Å²) in [7, 11) is 3.61. The van der Waals surface area contributed by atoms with Crippen LogP contribution in [0.3, 0.4) is 0 Å². The van der Waals surface area contributed by atoms with Crippen LogP contribution in [-0.2, 0) is 20.1 Å². The van der Waals surface area contributed by atoms with Gasteiger partial charge in [-0.05, 0) is 35.2 Å². The molecule has 0 fully saturated rings. The highest BCUT2D eigenvalue weighted by atomic mass is 16.5. The highest BCUT2D eigenvalue weighted by Crippen LogP contribution is 2.36. The van der Waals surface area contributed by atoms with Crippen LogP contribution in [0.1, 0.15) is 28.3 Å². The maximum absolute atomic E-state index is 6.07. The minimum atomic E-state index is 0.140. The zero-order valence-corrected chi connectivity index (χ0v) is 16.3. The highest BCUT2D eigenvalue weighted by Gasteiger charge is 2.21. The summed E-state index contributed by atoms with van der Waals surface area (Å²) < 4.78 is 13.5. The molecule has 5 nitrogen and oxygen atoms in total. The molecule has 2 aromatic carbocycles. The molecule has 2 heterocycles. The number of methoxy groups -OCH3 is 1. The van der Waals surface area contributed by atoms with E-state index in [9.17, 15) is 0 Å². The van der Waals surface area contributed by atoms with Gasteiger partial charge in [0.1, 0.15) is 6.61 Å². The van der Waals surface area contributed by atoms with E-state index in [1.807, 2.05) is 37.6 Å². The van der Waals surface area contributed by atoms with Gasteiger partial charge in [-0.3, -0.25) is 4.68 Å². The summed E-state index contributed by atoms with van der Waals surface area (Å²) in [6, 6.07) is 14.5. The molecule has 0 bridgehead atoms. The molecule has 0 radical (unpaired) electrons. The summed E-state index contributed by atoms with van der Waals surface area (Å²) in [5.41, 5.74) is 4.76. The van der Waals surface area contributed by atoms with Crippen molar-refractivity contribution in [2.45, 2.75) is 19.1 Å². The van der Waals surface area contributed by atoms with Crippen LogP contribution in [0.25, 0.3) is 6.08 Å². The summed E-state index contributed by atoms with van der Waals surface area (Å²) >= 11 is 0. The van der Waals surface area contributed by atoms with E-state index in [2.05, 4.69) is 46.8 Å². The number of hydrogen-bond donors (Lipinski definition) is 1. The van der Waals surface area contributed by atoms with E-state index in [0.29, 0.717) is 6.61 Å². The molecule has 0 saturated carbocycles. The molecule has 1 aromatic heterocycles. The fraction of sp³-hybridized carbons (Fsp3) is 0.261. The van der Waals surface area contributed by atoms with Crippen LogP contribution in [0, 0.1) is 0 Å². The lowest BCUT2D eigenvalue weighted by molar-refractivity contribution is 0.283. The van der Waals surface area contributed by atoms with Gasteiger partial charge >= 0.3 is 0 Å². The second-order valence-corrected chi connectivity index (χ2v) is 6.96. The molecular weight excluding hydrogens is 350 g/mol. The van der Waals surface area contributed by atoms with Crippen LogP contribution >= 0.6 is 0 Å². The molecule has 1 unspecified atom stereocenters. The van der Waals surface area contributed by atoms with Gasteiger partial charge < -0.3 is 14.8 Å². The Bertz CT molecular complexity index is 963. The summed E-state index contributed by atoms with van der Waals surface area (Å²) in [5, 5.41) is 7.79. The van der Waals surface area contributed by atoms with E-state index >= 15 is 0 Å². The summed E-state index contributed by atoms with van der Waals surface area (Å²) in [6.07, 6.45) is 9.12. The maximum atomic E-state index is 6.07. The SMILES string of the molecule is COc1cc2c(cc1OCc1ccccc1)CCNC2/C=C/c1cnn(C)c1. The lowest BCUT2D eigenvalue weighted by Crippen LogP contribution is -2.28. The van der Waals surface area contributed by atoms with Gasteiger partial charge in [0.15, 0.2) is 11.5 Å². The largest absolute Gasteiger partial charge is 0.493 e. The van der Waals surface area contributed by atoms with Gasteiger partial charge in [0.05, 0.1) is 19.3 Å². The Balaban J connectivity index is 1.56. The predicted molar refractivity (Wildman–Crippen MR) is 110 cm³/mol. The molecule has 1 aliphatic rings. The minimum absolute atomic E-state index is 0.140. The molecule has 1 aliphatic heterocycles. The van der Waals surface area contributed by atoms with Crippen LogP contribution in [0.4, 0.5) is 0 Å². The van der Waals surface area contributed by atoms with Gasteiger partial charge in [0, 0.05) is 25.4 Å². The molecule has 144 valence electrons. The number of benzene rings is 2. The molecule has 28 heavy (non-hydrogen) atoms. The van der Waals surface area contributed by atoms with Gasteiger partial charge in [-0.15, -0.1) is 0 Å². The fourth-order valence-corrected chi connectivity index (χ4v) is 3.51. The van der Waals surface area contributed by atoms with Gasteiger partial charge in [0.25, 0.3) is 0 Å². The molecule has 0 saturated heterocycles. The first-order chi connectivity index (χ1) is 13.7. The maximum Gasteiger partial charge on any atom is 0.161 e. The molecule has 1 N–H and O–H groups in total. The van der Waals surface area contributed by atoms with Crippen molar-refractivity contribution in [1.82, 2.24) is 15.1 Å². The van der Waals surface area contributed by atoms with Crippen molar-refractivity contribution in [2.75, 3.05) is 13.7 Å². The molecule has 1 atom stereocenters. The third-order valence-electron chi connectivity index (χ3n) is 4.96. The topological polar surface area (TPSA) is 48.3 Å². The van der Waals surface area contributed by atoms with Crippen LogP contribution in [0.15, 0.2) is 60.9 Å². The van der Waals surface area contributed by atoms with E-state index in [4.69, 9.17) is 9.47 Å². The number of rotatable bonds is 6. The summed E-state index contributed by atoms with van der Waals surface area (Å²) in [5.74, 6) is 1.56. The second kappa shape index (κ2) is 8.31. The Kier molecular flexibility index (Phi) is 5.44. The summed E-state index contributed by atoms with van der Waals surface area (Å²) in [4.78, 5) is 0. The molecule has 0 aliphatic carbocycles. The van der Waals surface area contributed by atoms with Crippen molar-refractivity contribution in [3.8, 4) is 11.5 Å². The molecular formula is C23H25N3O2. The minimum Gasteiger partial charge on any atom is -0.493 e. The van der Waals surface area contributed by atoms with E-state index in [1.54, 1.807) is 11.8 Å². The van der Waals surface area contributed by atoms with Crippen LogP contribution in [0.5, 0.6) is 11.5 Å². The van der Waals surface area contributed by atoms with Crippen LogP contribution in [0.2, 0.25) is 0 Å². The Morgan fingerprint density at radius 1 is 1.21 bits per heavy atom. The monoisotopic (exact) mass is 375 g/mol. The third-order valence-corrected chi connectivity index (χ3v) is 4.96. The van der Waals surface area contributed by atoms with E-state index in [1.165, 1.54) is 11.1 Å². The zero-order chi connectivity index (χ0) is 19.3. The summed E-state index contributed by atoms with van der Waals surface area (Å²) in [6.45, 7) is 1.46. The van der Waals surface area contributed by atoms with Crippen molar-refractivity contribution >= 4 is 6.08 Å². The molecule has 4 rings (SSSR count). The molecule has 0 spiro atoms. The van der Waals surface area contributed by atoms with Crippen molar-refractivity contribution in [1.29, 1.82) is 0 Å². The number of ether oxygens (including phenoxy) is 2. The molecule has 0 amide bonds. The number of nitrogens with zero attached hydrogens (tertiary/aromatic N) is 2. The fourth-order valence-electron chi connectivity index (χ4n) is 3.51. The van der Waals surface area contributed by atoms with Gasteiger partial charge in [-0.25, -0.2) is 0 Å². The lowest BCUT2D eigenvalue weighted by atomic mass is 9.93. The quantitative estimate of drug-likeness (QED) is 0.710. The standard InChI is InChI=1S/C23H25N3O2/c1-26-15-18(14-25-26)8-9-21-20-13-22(27-2)23(12-19(20)10-11-24-21)28-16-17-6-4-3-5-7-17/h3-9,12-15,21,24H,10-11,16H2,1-2H3/b9-8+. The van der Waals surface area contributed by atoms with Crippen LogP contribution < -0.4 is 14.8 Å². The number of hydrogen-bond acceptors (Lipinski definition) is 4. The van der Waals surface area contributed by atoms with Gasteiger partial charge in [-0.1, -0.05) is 42.5 Å². The Labute approximate surface area is 165 Å². The number of aryl methyl sites for hydroxylation is 1. The van der Waals surface area contributed by atoms with Crippen molar-refractivity contribution < 1.29 is 9.47 Å². The normalized spacial score (nSPS) is 16.1. The first-order valence-electron chi connectivity index (χ1n) is 9.50. The Morgan fingerprint density at radius 3 is 2.82 bits per heavy atom. The van der Waals surface area contributed by atoms with Crippen LogP contribution in [-0.4, -0.2) is 23.4 Å². The smallest absolute Gasteiger partial charge is 0.161 e. The second-order valence-electron chi connectivity index (χ2n) is 6.96. The molecule has 5 heteroatoms. The molecule has 3 aromatic rings. The lowest BCUT2D eigenvalue weighted by Gasteiger charge is -2.26. The highest BCUT2D eigenvalue weighted by molar-refractivity contribution is 5.53. The first kappa shape index (κ1) is 18.3. The van der Waals surface area contributed by atoms with Crippen molar-refractivity contribution in [2.24, 2.45) is 7.05 Å². The Hall–Kier alpha value is -3.05. The van der Waals surface area contributed by atoms with Crippen molar-refractivity contribution in [3.63, 3.8) is 0 Å². The predicted octanol–water partition coefficient (Wildman–Crippen LogP) is 3.91. The van der Waals surface area contributed by atoms with Gasteiger partial charge in [-0.2, -0.15) is 5.10 Å². The van der Waals surface area contributed by atoms with Crippen molar-refractivity contribution in [3.05, 3.63) is 83.2 Å².